The van der Waals surface area contributed by atoms with Gasteiger partial charge in [0.15, 0.2) is 5.65 Å². The lowest BCUT2D eigenvalue weighted by atomic mass is 9.90. The van der Waals surface area contributed by atoms with Gasteiger partial charge in [-0.1, -0.05) is 20.8 Å². The Morgan fingerprint density at radius 3 is 2.50 bits per heavy atom. The number of aryl methyl sites for hydroxylation is 2. The molecule has 0 spiro atoms. The third-order valence-corrected chi connectivity index (χ3v) is 3.67. The minimum atomic E-state index is 0.207. The van der Waals surface area contributed by atoms with Gasteiger partial charge in [-0.25, -0.2) is 9.67 Å². The molecule has 2 aromatic rings. The fourth-order valence-corrected chi connectivity index (χ4v) is 2.16. The number of nitrogens with zero attached hydrogens (tertiary/aromatic N) is 4. The smallest absolute Gasteiger partial charge is 0.202 e. The van der Waals surface area contributed by atoms with E-state index >= 15 is 0 Å². The van der Waals surface area contributed by atoms with E-state index in [1.54, 1.807) is 0 Å². The molecule has 0 fully saturated rings. The molecule has 0 unspecified atom stereocenters. The van der Waals surface area contributed by atoms with Crippen molar-refractivity contribution in [2.75, 3.05) is 5.73 Å². The van der Waals surface area contributed by atoms with E-state index in [1.807, 2.05) is 11.6 Å². The summed E-state index contributed by atoms with van der Waals surface area (Å²) in [6, 6.07) is 0. The van der Waals surface area contributed by atoms with Gasteiger partial charge in [0.2, 0.25) is 5.95 Å². The average molecular weight is 249 g/mol. The lowest BCUT2D eigenvalue weighted by Gasteiger charge is -2.24. The molecule has 5 heteroatoms. The highest BCUT2D eigenvalue weighted by Gasteiger charge is 2.22. The van der Waals surface area contributed by atoms with Crippen LogP contribution in [0.1, 0.15) is 39.8 Å². The topological polar surface area (TPSA) is 61.7 Å². The second kappa shape index (κ2) is 4.30. The normalized spacial score (nSPS) is 12.5. The van der Waals surface area contributed by atoms with Gasteiger partial charge in [-0.05, 0) is 25.7 Å². The lowest BCUT2D eigenvalue weighted by Crippen LogP contribution is -2.21. The van der Waals surface area contributed by atoms with Crippen LogP contribution in [0.2, 0.25) is 0 Å². The minimum Gasteiger partial charge on any atom is -0.369 e. The van der Waals surface area contributed by atoms with Crippen molar-refractivity contribution in [2.24, 2.45) is 5.41 Å². The van der Waals surface area contributed by atoms with E-state index in [1.165, 1.54) is 0 Å². The Morgan fingerprint density at radius 1 is 1.28 bits per heavy atom. The zero-order chi connectivity index (χ0) is 13.5. The summed E-state index contributed by atoms with van der Waals surface area (Å²) in [5.74, 6) is 0.592. The van der Waals surface area contributed by atoms with Crippen LogP contribution in [0.4, 0.5) is 5.95 Å². The Bertz CT molecular complexity index is 561. The fourth-order valence-electron chi connectivity index (χ4n) is 2.16. The average Bonchev–Trinajstić information content (AvgIpc) is 2.79. The molecule has 5 nitrogen and oxygen atoms in total. The fraction of sp³-hybridized carbons (Fsp3) is 0.692. The highest BCUT2D eigenvalue weighted by molar-refractivity contribution is 5.77. The quantitative estimate of drug-likeness (QED) is 0.906. The molecule has 0 aliphatic heterocycles. The highest BCUT2D eigenvalue weighted by atomic mass is 15.4. The van der Waals surface area contributed by atoms with Crippen LogP contribution in [0.5, 0.6) is 0 Å². The minimum absolute atomic E-state index is 0.207. The summed E-state index contributed by atoms with van der Waals surface area (Å²) in [7, 11) is 0. The summed E-state index contributed by atoms with van der Waals surface area (Å²) in [5, 5.41) is 4.50. The number of nitrogen functional groups attached to an aromatic ring is 1. The van der Waals surface area contributed by atoms with E-state index in [0.29, 0.717) is 5.95 Å². The molecular formula is C13H23N5. The number of hydrogen-bond acceptors (Lipinski definition) is 3. The third kappa shape index (κ3) is 1.98. The largest absolute Gasteiger partial charge is 0.369 e. The Morgan fingerprint density at radius 2 is 1.94 bits per heavy atom. The molecule has 0 atom stereocenters. The first-order valence-corrected chi connectivity index (χ1v) is 6.58. The molecule has 0 saturated heterocycles. The van der Waals surface area contributed by atoms with E-state index in [9.17, 15) is 0 Å². The van der Waals surface area contributed by atoms with Crippen molar-refractivity contribution < 1.29 is 0 Å². The maximum absolute atomic E-state index is 6.06. The molecule has 0 aliphatic rings. The predicted molar refractivity (Wildman–Crippen MR) is 74.4 cm³/mol. The number of anilines is 1. The van der Waals surface area contributed by atoms with Crippen molar-refractivity contribution >= 4 is 17.1 Å². The molecule has 2 rings (SSSR count). The molecule has 0 bridgehead atoms. The molecule has 0 amide bonds. The maximum atomic E-state index is 6.06. The third-order valence-electron chi connectivity index (χ3n) is 3.67. The Labute approximate surface area is 108 Å². The van der Waals surface area contributed by atoms with Gasteiger partial charge in [-0.15, -0.1) is 0 Å². The number of aromatic nitrogens is 4. The lowest BCUT2D eigenvalue weighted by molar-refractivity contribution is 0.298. The molecule has 0 radical (unpaired) electrons. The van der Waals surface area contributed by atoms with Crippen LogP contribution >= 0.6 is 0 Å². The molecule has 2 N–H and O–H groups in total. The molecule has 0 aromatic carbocycles. The van der Waals surface area contributed by atoms with E-state index in [0.717, 1.165) is 36.4 Å². The van der Waals surface area contributed by atoms with Crippen LogP contribution in [-0.2, 0) is 13.1 Å². The monoisotopic (exact) mass is 249 g/mol. The van der Waals surface area contributed by atoms with Crippen LogP contribution in [0.25, 0.3) is 11.2 Å². The summed E-state index contributed by atoms with van der Waals surface area (Å²) in [6.45, 7) is 12.5. The zero-order valence-electron chi connectivity index (χ0n) is 12.0. The number of rotatable bonds is 4. The van der Waals surface area contributed by atoms with Gasteiger partial charge in [-0.2, -0.15) is 5.10 Å². The number of nitrogens with two attached hydrogens (primary N) is 1. The number of fused-ring (bicyclic) bond motifs is 1. The molecule has 18 heavy (non-hydrogen) atoms. The first kappa shape index (κ1) is 12.9. The molecule has 0 aliphatic carbocycles. The van der Waals surface area contributed by atoms with Crippen LogP contribution < -0.4 is 5.73 Å². The summed E-state index contributed by atoms with van der Waals surface area (Å²) in [4.78, 5) is 4.46. The number of imidazole rings is 1. The standard InChI is InChI=1S/C13H23N5/c1-6-13(4,5)8-17-11-10(15-12(17)14)9(3)16-18(11)7-2/h6-8H2,1-5H3,(H2,14,15). The van der Waals surface area contributed by atoms with Crippen molar-refractivity contribution in [2.45, 2.75) is 54.1 Å². The van der Waals surface area contributed by atoms with Crippen LogP contribution in [-0.4, -0.2) is 19.3 Å². The molecule has 100 valence electrons. The zero-order valence-corrected chi connectivity index (χ0v) is 12.0. The van der Waals surface area contributed by atoms with E-state index < -0.39 is 0 Å². The Hall–Kier alpha value is -1.52. The van der Waals surface area contributed by atoms with E-state index in [4.69, 9.17) is 5.73 Å². The Balaban J connectivity index is 2.59. The molecule has 0 saturated carbocycles. The molecular weight excluding hydrogens is 226 g/mol. The summed E-state index contributed by atoms with van der Waals surface area (Å²) in [5.41, 5.74) is 9.20. The van der Waals surface area contributed by atoms with Crippen molar-refractivity contribution in [1.29, 1.82) is 0 Å². The van der Waals surface area contributed by atoms with Gasteiger partial charge < -0.3 is 5.73 Å². The number of hydrogen-bond donors (Lipinski definition) is 1. The summed E-state index contributed by atoms with van der Waals surface area (Å²) >= 11 is 0. The first-order valence-electron chi connectivity index (χ1n) is 6.58. The molecule has 2 aromatic heterocycles. The second-order valence-corrected chi connectivity index (χ2v) is 5.65. The SMILES string of the molecule is CCn1nc(C)c2nc(N)n(CC(C)(C)CC)c21. The van der Waals surface area contributed by atoms with Gasteiger partial charge in [0.1, 0.15) is 5.52 Å². The Kier molecular flexibility index (Phi) is 3.09. The summed E-state index contributed by atoms with van der Waals surface area (Å²) < 4.78 is 4.09. The van der Waals surface area contributed by atoms with Gasteiger partial charge in [0.05, 0.1) is 5.69 Å². The maximum Gasteiger partial charge on any atom is 0.202 e. The van der Waals surface area contributed by atoms with Crippen LogP contribution in [0.15, 0.2) is 0 Å². The second-order valence-electron chi connectivity index (χ2n) is 5.65. The predicted octanol–water partition coefficient (Wildman–Crippen LogP) is 2.58. The van der Waals surface area contributed by atoms with Crippen molar-refractivity contribution in [3.05, 3.63) is 5.69 Å². The van der Waals surface area contributed by atoms with E-state index in [2.05, 4.69) is 42.3 Å². The van der Waals surface area contributed by atoms with Gasteiger partial charge in [-0.3, -0.25) is 4.57 Å². The van der Waals surface area contributed by atoms with Crippen LogP contribution in [0.3, 0.4) is 0 Å². The first-order chi connectivity index (χ1) is 8.39. The van der Waals surface area contributed by atoms with Gasteiger partial charge >= 0.3 is 0 Å². The molecule has 2 heterocycles. The highest BCUT2D eigenvalue weighted by Crippen LogP contribution is 2.28. The van der Waals surface area contributed by atoms with Gasteiger partial charge in [0.25, 0.3) is 0 Å². The van der Waals surface area contributed by atoms with Crippen molar-refractivity contribution in [1.82, 2.24) is 19.3 Å². The van der Waals surface area contributed by atoms with Crippen LogP contribution in [0, 0.1) is 12.3 Å². The van der Waals surface area contributed by atoms with Crippen molar-refractivity contribution in [3.8, 4) is 0 Å². The van der Waals surface area contributed by atoms with Gasteiger partial charge in [0, 0.05) is 13.1 Å². The van der Waals surface area contributed by atoms with E-state index in [-0.39, 0.29) is 5.41 Å². The van der Waals surface area contributed by atoms with Crippen molar-refractivity contribution in [3.63, 3.8) is 0 Å². The summed E-state index contributed by atoms with van der Waals surface area (Å²) in [6.07, 6.45) is 1.10.